The van der Waals surface area contributed by atoms with Gasteiger partial charge in [0, 0.05) is 19.1 Å². The molecule has 0 aromatic rings. The minimum atomic E-state index is -3.13. The normalized spacial score (nSPS) is 27.8. The smallest absolute Gasteiger partial charge is 0.218 e. The molecule has 1 aliphatic rings. The van der Waals surface area contributed by atoms with Crippen molar-refractivity contribution in [1.29, 1.82) is 0 Å². The van der Waals surface area contributed by atoms with E-state index in [1.54, 1.807) is 11.2 Å². The van der Waals surface area contributed by atoms with E-state index in [0.717, 1.165) is 12.8 Å². The van der Waals surface area contributed by atoms with Crippen LogP contribution in [0.2, 0.25) is 0 Å². The molecule has 4 nitrogen and oxygen atoms in total. The van der Waals surface area contributed by atoms with Crippen LogP contribution < -0.4 is 5.73 Å². The SMILES string of the molecule is CC1CCCN1S(=O)(=O)C(C)CN. The summed E-state index contributed by atoms with van der Waals surface area (Å²) in [5, 5.41) is -0.451. The van der Waals surface area contributed by atoms with Crippen LogP contribution in [0.4, 0.5) is 0 Å². The van der Waals surface area contributed by atoms with Gasteiger partial charge in [-0.3, -0.25) is 0 Å². The van der Waals surface area contributed by atoms with Crippen molar-refractivity contribution in [2.45, 2.75) is 38.0 Å². The maximum Gasteiger partial charge on any atom is 0.218 e. The second-order valence-corrected chi connectivity index (χ2v) is 6.00. The molecule has 1 rings (SSSR count). The molecule has 1 saturated heterocycles. The van der Waals surface area contributed by atoms with Crippen LogP contribution in [0, 0.1) is 0 Å². The monoisotopic (exact) mass is 206 g/mol. The van der Waals surface area contributed by atoms with Gasteiger partial charge in [0.25, 0.3) is 0 Å². The molecule has 0 bridgehead atoms. The van der Waals surface area contributed by atoms with E-state index >= 15 is 0 Å². The Bertz CT molecular complexity index is 263. The fraction of sp³-hybridized carbons (Fsp3) is 1.00. The summed E-state index contributed by atoms with van der Waals surface area (Å²) in [6.07, 6.45) is 1.94. The number of hydrogen-bond donors (Lipinski definition) is 1. The van der Waals surface area contributed by atoms with Gasteiger partial charge in [0.2, 0.25) is 10.0 Å². The highest BCUT2D eigenvalue weighted by Crippen LogP contribution is 2.22. The molecular formula is C8H18N2O2S. The van der Waals surface area contributed by atoms with Crippen LogP contribution in [-0.2, 0) is 10.0 Å². The quantitative estimate of drug-likeness (QED) is 0.715. The van der Waals surface area contributed by atoms with Crippen molar-refractivity contribution >= 4 is 10.0 Å². The molecule has 1 heterocycles. The number of nitrogens with two attached hydrogens (primary N) is 1. The van der Waals surface area contributed by atoms with Crippen LogP contribution in [0.5, 0.6) is 0 Å². The fourth-order valence-electron chi connectivity index (χ4n) is 1.64. The third-order valence-electron chi connectivity index (χ3n) is 2.66. The standard InChI is InChI=1S/C8H18N2O2S/c1-7-4-3-5-10(7)13(11,12)8(2)6-9/h7-8H,3-6,9H2,1-2H3. The van der Waals surface area contributed by atoms with Gasteiger partial charge in [0.1, 0.15) is 0 Å². The Labute approximate surface area is 80.1 Å². The van der Waals surface area contributed by atoms with Crippen molar-refractivity contribution in [3.05, 3.63) is 0 Å². The maximum atomic E-state index is 11.8. The predicted octanol–water partition coefficient (Wildman–Crippen LogP) is 0.148. The molecule has 0 spiro atoms. The van der Waals surface area contributed by atoms with Gasteiger partial charge in [-0.15, -0.1) is 0 Å². The molecule has 2 atom stereocenters. The topological polar surface area (TPSA) is 63.4 Å². The van der Waals surface area contributed by atoms with Gasteiger partial charge in [-0.05, 0) is 26.7 Å². The van der Waals surface area contributed by atoms with Crippen LogP contribution in [-0.4, -0.2) is 37.1 Å². The van der Waals surface area contributed by atoms with Crippen LogP contribution in [0.3, 0.4) is 0 Å². The minimum Gasteiger partial charge on any atom is -0.329 e. The van der Waals surface area contributed by atoms with E-state index in [9.17, 15) is 8.42 Å². The molecule has 0 saturated carbocycles. The summed E-state index contributed by atoms with van der Waals surface area (Å²) in [6.45, 7) is 4.48. The minimum absolute atomic E-state index is 0.152. The highest BCUT2D eigenvalue weighted by Gasteiger charge is 2.34. The molecule has 0 amide bonds. The molecule has 2 N–H and O–H groups in total. The van der Waals surface area contributed by atoms with Crippen LogP contribution >= 0.6 is 0 Å². The molecule has 1 aliphatic heterocycles. The maximum absolute atomic E-state index is 11.8. The Morgan fingerprint density at radius 3 is 2.62 bits per heavy atom. The first-order chi connectivity index (χ1) is 6.00. The largest absolute Gasteiger partial charge is 0.329 e. The zero-order valence-corrected chi connectivity index (χ0v) is 9.05. The first-order valence-electron chi connectivity index (χ1n) is 4.71. The van der Waals surface area contributed by atoms with Crippen molar-refractivity contribution in [2.75, 3.05) is 13.1 Å². The number of nitrogens with zero attached hydrogens (tertiary/aromatic N) is 1. The van der Waals surface area contributed by atoms with E-state index in [1.807, 2.05) is 6.92 Å². The van der Waals surface area contributed by atoms with Crippen molar-refractivity contribution in [3.8, 4) is 0 Å². The molecule has 0 aliphatic carbocycles. The van der Waals surface area contributed by atoms with Gasteiger partial charge < -0.3 is 5.73 Å². The lowest BCUT2D eigenvalue weighted by atomic mass is 10.3. The molecule has 0 aromatic heterocycles. The average molecular weight is 206 g/mol. The van der Waals surface area contributed by atoms with Crippen LogP contribution in [0.25, 0.3) is 0 Å². The van der Waals surface area contributed by atoms with Gasteiger partial charge in [-0.25, -0.2) is 8.42 Å². The molecular weight excluding hydrogens is 188 g/mol. The van der Waals surface area contributed by atoms with E-state index in [-0.39, 0.29) is 12.6 Å². The van der Waals surface area contributed by atoms with Crippen molar-refractivity contribution in [2.24, 2.45) is 5.73 Å². The van der Waals surface area contributed by atoms with E-state index in [4.69, 9.17) is 5.73 Å². The summed E-state index contributed by atoms with van der Waals surface area (Å²) in [4.78, 5) is 0. The predicted molar refractivity (Wildman–Crippen MR) is 52.8 cm³/mol. The number of sulfonamides is 1. The van der Waals surface area contributed by atoms with Crippen LogP contribution in [0.15, 0.2) is 0 Å². The van der Waals surface area contributed by atoms with E-state index < -0.39 is 15.3 Å². The van der Waals surface area contributed by atoms with Gasteiger partial charge in [0.15, 0.2) is 0 Å². The lowest BCUT2D eigenvalue weighted by Crippen LogP contribution is -2.42. The highest BCUT2D eigenvalue weighted by atomic mass is 32.2. The zero-order chi connectivity index (χ0) is 10.1. The molecule has 13 heavy (non-hydrogen) atoms. The van der Waals surface area contributed by atoms with E-state index in [0.29, 0.717) is 6.54 Å². The third-order valence-corrected chi connectivity index (χ3v) is 5.06. The molecule has 0 aromatic carbocycles. The summed E-state index contributed by atoms with van der Waals surface area (Å²) in [7, 11) is -3.13. The first-order valence-corrected chi connectivity index (χ1v) is 6.21. The van der Waals surface area contributed by atoms with Crippen molar-refractivity contribution in [3.63, 3.8) is 0 Å². The van der Waals surface area contributed by atoms with Crippen molar-refractivity contribution < 1.29 is 8.42 Å². The van der Waals surface area contributed by atoms with Gasteiger partial charge >= 0.3 is 0 Å². The van der Waals surface area contributed by atoms with Crippen LogP contribution in [0.1, 0.15) is 26.7 Å². The first kappa shape index (κ1) is 10.9. The Morgan fingerprint density at radius 2 is 2.23 bits per heavy atom. The molecule has 1 fully saturated rings. The second kappa shape index (κ2) is 3.94. The number of hydrogen-bond acceptors (Lipinski definition) is 3. The van der Waals surface area contributed by atoms with E-state index in [2.05, 4.69) is 0 Å². The lowest BCUT2D eigenvalue weighted by molar-refractivity contribution is 0.402. The summed E-state index contributed by atoms with van der Waals surface area (Å²) in [5.74, 6) is 0. The number of rotatable bonds is 3. The molecule has 0 radical (unpaired) electrons. The summed E-state index contributed by atoms with van der Waals surface area (Å²) >= 11 is 0. The second-order valence-electron chi connectivity index (χ2n) is 3.69. The average Bonchev–Trinajstić information content (AvgIpc) is 2.50. The van der Waals surface area contributed by atoms with Gasteiger partial charge in [0.05, 0.1) is 5.25 Å². The Morgan fingerprint density at radius 1 is 1.62 bits per heavy atom. The zero-order valence-electron chi connectivity index (χ0n) is 8.23. The Kier molecular flexibility index (Phi) is 3.32. The molecule has 78 valence electrons. The molecule has 2 unspecified atom stereocenters. The summed E-state index contributed by atoms with van der Waals surface area (Å²) in [5.41, 5.74) is 5.37. The van der Waals surface area contributed by atoms with Gasteiger partial charge in [-0.1, -0.05) is 0 Å². The lowest BCUT2D eigenvalue weighted by Gasteiger charge is -2.24. The third kappa shape index (κ3) is 2.03. The van der Waals surface area contributed by atoms with Crippen molar-refractivity contribution in [1.82, 2.24) is 4.31 Å². The van der Waals surface area contributed by atoms with E-state index in [1.165, 1.54) is 0 Å². The summed E-state index contributed by atoms with van der Waals surface area (Å²) < 4.78 is 25.2. The van der Waals surface area contributed by atoms with Gasteiger partial charge in [-0.2, -0.15) is 4.31 Å². The fourth-order valence-corrected chi connectivity index (χ4v) is 3.33. The Balaban J connectivity index is 2.80. The summed E-state index contributed by atoms with van der Waals surface area (Å²) in [6, 6.07) is 0.152. The highest BCUT2D eigenvalue weighted by molar-refractivity contribution is 7.89. The Hall–Kier alpha value is -0.130. The molecule has 5 heteroatoms.